The Balaban J connectivity index is 3.25. The van der Waals surface area contributed by atoms with Gasteiger partial charge >= 0.3 is 5.82 Å². The van der Waals surface area contributed by atoms with E-state index < -0.39 is 0 Å². The van der Waals surface area contributed by atoms with Crippen LogP contribution in [-0.4, -0.2) is 10.2 Å². The molecule has 0 unspecified atom stereocenters. The molecule has 0 saturated heterocycles. The third kappa shape index (κ3) is 1.29. The van der Waals surface area contributed by atoms with Crippen LogP contribution in [0.1, 0.15) is 24.1 Å². The van der Waals surface area contributed by atoms with Gasteiger partial charge < -0.3 is 5.21 Å². The number of nitrogens with zero attached hydrogens (tertiary/aromatic N) is 3. The lowest BCUT2D eigenvalue weighted by Gasteiger charge is -2.07. The zero-order valence-corrected chi connectivity index (χ0v) is 6.96. The molecule has 1 heterocycles. The molecule has 0 radical (unpaired) electrons. The molecule has 1 aromatic heterocycles. The normalized spacial score (nSPS) is 10.1. The Hall–Kier alpha value is -1.19. The predicted molar refractivity (Wildman–Crippen MR) is 39.8 cm³/mol. The molecule has 1 aromatic rings. The maximum Gasteiger partial charge on any atom is 0.329 e. The Bertz CT molecular complexity index is 273. The van der Waals surface area contributed by atoms with Crippen LogP contribution in [-0.2, 0) is 6.42 Å². The average Bonchev–Trinajstić information content (AvgIpc) is 2.01. The molecule has 0 aromatic carbocycles. The molecule has 0 saturated carbocycles. The molecule has 0 fully saturated rings. The van der Waals surface area contributed by atoms with Gasteiger partial charge in [-0.25, -0.2) is 4.73 Å². The molecule has 60 valence electrons. The van der Waals surface area contributed by atoms with Gasteiger partial charge in [0.1, 0.15) is 11.4 Å². The van der Waals surface area contributed by atoms with E-state index in [1.54, 1.807) is 13.8 Å². The van der Waals surface area contributed by atoms with Gasteiger partial charge in [-0.05, 0) is 12.0 Å². The second-order valence-electron chi connectivity index (χ2n) is 2.43. The van der Waals surface area contributed by atoms with Crippen LogP contribution >= 0.6 is 0 Å². The minimum Gasteiger partial charge on any atom is -0.710 e. The molecule has 11 heavy (non-hydrogen) atoms. The van der Waals surface area contributed by atoms with Crippen molar-refractivity contribution in [2.75, 3.05) is 0 Å². The van der Waals surface area contributed by atoms with Crippen molar-refractivity contribution in [3.8, 4) is 0 Å². The minimum atomic E-state index is 0.480. The zero-order valence-electron chi connectivity index (χ0n) is 6.96. The molecule has 0 N–H and O–H groups in total. The summed E-state index contributed by atoms with van der Waals surface area (Å²) in [5.74, 6) is 0.480. The van der Waals surface area contributed by atoms with E-state index in [1.165, 1.54) is 0 Å². The number of rotatable bonds is 1. The van der Waals surface area contributed by atoms with Crippen LogP contribution in [0.4, 0.5) is 0 Å². The van der Waals surface area contributed by atoms with Crippen LogP contribution in [0.15, 0.2) is 0 Å². The maximum atomic E-state index is 11.2. The fraction of sp³-hybridized carbons (Fsp3) is 0.571. The largest absolute Gasteiger partial charge is 0.710 e. The second-order valence-corrected chi connectivity index (χ2v) is 2.43. The highest BCUT2D eigenvalue weighted by molar-refractivity contribution is 4.98. The summed E-state index contributed by atoms with van der Waals surface area (Å²) in [6.07, 6.45) is 0.623. The van der Waals surface area contributed by atoms with Crippen LogP contribution in [0.25, 0.3) is 0 Å². The van der Waals surface area contributed by atoms with E-state index in [2.05, 4.69) is 10.2 Å². The molecule has 4 heteroatoms. The molecule has 4 nitrogen and oxygen atoms in total. The van der Waals surface area contributed by atoms with Gasteiger partial charge in [0, 0.05) is 6.92 Å². The number of aryl methyl sites for hydroxylation is 2. The zero-order chi connectivity index (χ0) is 8.43. The third-order valence-electron chi connectivity index (χ3n) is 1.69. The fourth-order valence-corrected chi connectivity index (χ4v) is 0.801. The van der Waals surface area contributed by atoms with Crippen LogP contribution in [0, 0.1) is 19.1 Å². The minimum absolute atomic E-state index is 0.480. The molecule has 1 rings (SSSR count). The summed E-state index contributed by atoms with van der Waals surface area (Å²) < 4.78 is 0.836. The van der Waals surface area contributed by atoms with Gasteiger partial charge in [0.2, 0.25) is 0 Å². The van der Waals surface area contributed by atoms with Crippen LogP contribution in [0.2, 0.25) is 0 Å². The number of aromatic nitrogens is 3. The highest BCUT2D eigenvalue weighted by atomic mass is 16.5. The van der Waals surface area contributed by atoms with Gasteiger partial charge in [-0.2, -0.15) is 0 Å². The Kier molecular flexibility index (Phi) is 2.03. The highest BCUT2D eigenvalue weighted by Gasteiger charge is 2.10. The summed E-state index contributed by atoms with van der Waals surface area (Å²) >= 11 is 0. The topological polar surface area (TPSA) is 52.7 Å². The highest BCUT2D eigenvalue weighted by Crippen LogP contribution is 1.95. The Morgan fingerprint density at radius 2 is 2.00 bits per heavy atom. The van der Waals surface area contributed by atoms with Crippen molar-refractivity contribution in [2.45, 2.75) is 27.2 Å². The summed E-state index contributed by atoms with van der Waals surface area (Å²) in [5.41, 5.74) is 1.33. The molecular formula is C7H11N3O. The average molecular weight is 153 g/mol. The lowest BCUT2D eigenvalue weighted by atomic mass is 10.3. The lowest BCUT2D eigenvalue weighted by Crippen LogP contribution is -2.38. The van der Waals surface area contributed by atoms with Gasteiger partial charge in [0.25, 0.3) is 0 Å². The molecule has 0 aliphatic carbocycles. The third-order valence-corrected chi connectivity index (χ3v) is 1.69. The lowest BCUT2D eigenvalue weighted by molar-refractivity contribution is -0.625. The van der Waals surface area contributed by atoms with Crippen molar-refractivity contribution in [1.82, 2.24) is 10.2 Å². The first-order valence-electron chi connectivity index (χ1n) is 3.59. The standard InChI is InChI=1S/C7H11N3O/c1-4-7-9-8-5(2)6(3)10(7)11/h4H2,1-3H3. The molecule has 0 spiro atoms. The number of hydrogen-bond donors (Lipinski definition) is 0. The van der Waals surface area contributed by atoms with Gasteiger partial charge in [0.15, 0.2) is 0 Å². The van der Waals surface area contributed by atoms with Gasteiger partial charge in [-0.1, -0.05) is 6.92 Å². The van der Waals surface area contributed by atoms with Crippen molar-refractivity contribution in [3.63, 3.8) is 0 Å². The maximum absolute atomic E-state index is 11.2. The van der Waals surface area contributed by atoms with Crippen molar-refractivity contribution in [3.05, 3.63) is 22.4 Å². The van der Waals surface area contributed by atoms with Crippen LogP contribution in [0.3, 0.4) is 0 Å². The summed E-state index contributed by atoms with van der Waals surface area (Å²) in [6.45, 7) is 5.40. The predicted octanol–water partition coefficient (Wildman–Crippen LogP) is 0.289. The van der Waals surface area contributed by atoms with Crippen molar-refractivity contribution in [1.29, 1.82) is 0 Å². The SMILES string of the molecule is CCc1nnc(C)c(C)[n+]1[O-]. The summed E-state index contributed by atoms with van der Waals surface area (Å²) in [4.78, 5) is 0. The van der Waals surface area contributed by atoms with E-state index in [0.29, 0.717) is 23.6 Å². The second kappa shape index (κ2) is 2.82. The molecule has 0 aliphatic rings. The quantitative estimate of drug-likeness (QED) is 0.430. The first-order chi connectivity index (χ1) is 5.16. The first-order valence-corrected chi connectivity index (χ1v) is 3.59. The molecule has 0 amide bonds. The van der Waals surface area contributed by atoms with E-state index in [1.807, 2.05) is 6.92 Å². The molecular weight excluding hydrogens is 142 g/mol. The fourth-order valence-electron chi connectivity index (χ4n) is 0.801. The Labute approximate surface area is 65.5 Å². The Morgan fingerprint density at radius 3 is 2.55 bits per heavy atom. The van der Waals surface area contributed by atoms with Gasteiger partial charge in [-0.15, -0.1) is 0 Å². The number of hydrogen-bond acceptors (Lipinski definition) is 3. The Morgan fingerprint density at radius 1 is 1.36 bits per heavy atom. The molecule has 0 atom stereocenters. The van der Waals surface area contributed by atoms with Crippen molar-refractivity contribution < 1.29 is 4.73 Å². The first kappa shape index (κ1) is 7.91. The van der Waals surface area contributed by atoms with Crippen LogP contribution < -0.4 is 4.73 Å². The monoisotopic (exact) mass is 153 g/mol. The smallest absolute Gasteiger partial charge is 0.329 e. The van der Waals surface area contributed by atoms with E-state index in [-0.39, 0.29) is 0 Å². The van der Waals surface area contributed by atoms with Crippen LogP contribution in [0.5, 0.6) is 0 Å². The van der Waals surface area contributed by atoms with Crippen molar-refractivity contribution in [2.24, 2.45) is 0 Å². The van der Waals surface area contributed by atoms with Gasteiger partial charge in [-0.3, -0.25) is 0 Å². The summed E-state index contributed by atoms with van der Waals surface area (Å²) in [7, 11) is 0. The van der Waals surface area contributed by atoms with Gasteiger partial charge in [0.05, 0.1) is 11.5 Å². The van der Waals surface area contributed by atoms with Crippen molar-refractivity contribution >= 4 is 0 Å². The molecule has 0 aliphatic heterocycles. The summed E-state index contributed by atoms with van der Waals surface area (Å²) in [6, 6.07) is 0. The molecule has 0 bridgehead atoms. The van der Waals surface area contributed by atoms with E-state index in [9.17, 15) is 5.21 Å². The van der Waals surface area contributed by atoms with E-state index in [4.69, 9.17) is 0 Å². The van der Waals surface area contributed by atoms with E-state index >= 15 is 0 Å². The summed E-state index contributed by atoms with van der Waals surface area (Å²) in [5, 5.41) is 18.8. The van der Waals surface area contributed by atoms with E-state index in [0.717, 1.165) is 4.73 Å².